The Hall–Kier alpha value is -2.42. The van der Waals surface area contributed by atoms with Crippen LogP contribution in [0.1, 0.15) is 13.3 Å². The van der Waals surface area contributed by atoms with Crippen molar-refractivity contribution in [3.8, 4) is 0 Å². The van der Waals surface area contributed by atoms with Gasteiger partial charge in [0.1, 0.15) is 0 Å². The Bertz CT molecular complexity index is 435. The van der Waals surface area contributed by atoms with Crippen LogP contribution in [0.3, 0.4) is 0 Å². The highest BCUT2D eigenvalue weighted by atomic mass is 16.5. The number of ether oxygens (including phenoxy) is 1. The van der Waals surface area contributed by atoms with Crippen molar-refractivity contribution in [2.45, 2.75) is 19.4 Å². The molecule has 0 aromatic heterocycles. The average molecular weight is 315 g/mol. The van der Waals surface area contributed by atoms with Gasteiger partial charge in [-0.2, -0.15) is 0 Å². The summed E-state index contributed by atoms with van der Waals surface area (Å²) >= 11 is 0. The second kappa shape index (κ2) is 11.3. The van der Waals surface area contributed by atoms with Gasteiger partial charge in [0, 0.05) is 0 Å². The predicted octanol–water partition coefficient (Wildman–Crippen LogP) is -2.16. The molecule has 0 fully saturated rings. The number of allylic oxidation sites excluding steroid dienone is 1. The van der Waals surface area contributed by atoms with Gasteiger partial charge in [-0.1, -0.05) is 13.0 Å². The smallest absolute Gasteiger partial charge is 0.330 e. The Labute approximate surface area is 128 Å². The van der Waals surface area contributed by atoms with Crippen molar-refractivity contribution in [3.05, 3.63) is 12.2 Å². The van der Waals surface area contributed by atoms with E-state index in [-0.39, 0.29) is 6.54 Å². The van der Waals surface area contributed by atoms with E-state index in [0.29, 0.717) is 6.42 Å². The molecular weight excluding hydrogens is 294 g/mol. The normalized spacial score (nSPS) is 11.6. The molecule has 0 unspecified atom stereocenters. The Morgan fingerprint density at radius 3 is 2.32 bits per heavy atom. The molecule has 0 saturated heterocycles. The van der Waals surface area contributed by atoms with Crippen molar-refractivity contribution in [2.24, 2.45) is 0 Å². The van der Waals surface area contributed by atoms with Crippen LogP contribution in [0.4, 0.5) is 0 Å². The molecule has 9 nitrogen and oxygen atoms in total. The van der Waals surface area contributed by atoms with E-state index in [1.54, 1.807) is 6.08 Å². The van der Waals surface area contributed by atoms with E-state index in [0.717, 1.165) is 7.11 Å². The Balaban J connectivity index is 4.04. The van der Waals surface area contributed by atoms with Crippen LogP contribution in [0.5, 0.6) is 0 Å². The number of esters is 1. The summed E-state index contributed by atoms with van der Waals surface area (Å²) < 4.78 is 4.37. The summed E-state index contributed by atoms with van der Waals surface area (Å²) in [6, 6.07) is -1.19. The van der Waals surface area contributed by atoms with Crippen LogP contribution < -0.4 is 16.0 Å². The zero-order valence-electron chi connectivity index (χ0n) is 12.5. The van der Waals surface area contributed by atoms with Crippen LogP contribution in [0.15, 0.2) is 12.2 Å². The molecular formula is C13H21N3O6. The first kappa shape index (κ1) is 19.6. The maximum Gasteiger partial charge on any atom is 0.330 e. The van der Waals surface area contributed by atoms with Gasteiger partial charge >= 0.3 is 5.97 Å². The summed E-state index contributed by atoms with van der Waals surface area (Å²) in [6.45, 7) is 0.572. The predicted molar refractivity (Wildman–Crippen MR) is 76.5 cm³/mol. The van der Waals surface area contributed by atoms with Gasteiger partial charge in [0.2, 0.25) is 17.7 Å². The van der Waals surface area contributed by atoms with Crippen molar-refractivity contribution in [1.82, 2.24) is 16.0 Å². The number of aliphatic hydroxyl groups excluding tert-OH is 1. The lowest BCUT2D eigenvalue weighted by Crippen LogP contribution is -2.48. The molecule has 0 aromatic carbocycles. The third-order valence-corrected chi connectivity index (χ3v) is 2.38. The standard InChI is InChI=1S/C13H21N3O6/c1-3-4-5-10(18)14-6-11(19)15-7-12(20)16-9(8-17)13(21)22-2/h4-5,9,17H,3,6-8H2,1-2H3,(H,14,18)(H,15,19)(H,16,20)/b5-4+/t9-/m0/s1. The molecule has 0 rings (SSSR count). The molecule has 9 heteroatoms. The third kappa shape index (κ3) is 8.69. The minimum absolute atomic E-state index is 0.277. The fraction of sp³-hybridized carbons (Fsp3) is 0.538. The Morgan fingerprint density at radius 1 is 1.14 bits per heavy atom. The number of amides is 3. The van der Waals surface area contributed by atoms with E-state index in [4.69, 9.17) is 5.11 Å². The molecule has 0 aliphatic rings. The number of aliphatic hydroxyl groups is 1. The lowest BCUT2D eigenvalue weighted by atomic mass is 10.3. The first-order valence-corrected chi connectivity index (χ1v) is 6.63. The second-order valence-electron chi connectivity index (χ2n) is 4.13. The first-order valence-electron chi connectivity index (χ1n) is 6.63. The van der Waals surface area contributed by atoms with Crippen LogP contribution in [-0.4, -0.2) is 61.6 Å². The topological polar surface area (TPSA) is 134 Å². The number of nitrogens with one attached hydrogen (secondary N) is 3. The highest BCUT2D eigenvalue weighted by Crippen LogP contribution is 1.86. The fourth-order valence-electron chi connectivity index (χ4n) is 1.26. The van der Waals surface area contributed by atoms with Gasteiger partial charge < -0.3 is 25.8 Å². The molecule has 3 amide bonds. The number of methoxy groups -OCH3 is 1. The largest absolute Gasteiger partial charge is 0.467 e. The van der Waals surface area contributed by atoms with Crippen LogP contribution in [0.2, 0.25) is 0 Å². The van der Waals surface area contributed by atoms with Crippen molar-refractivity contribution in [2.75, 3.05) is 26.8 Å². The van der Waals surface area contributed by atoms with Crippen molar-refractivity contribution >= 4 is 23.7 Å². The maximum atomic E-state index is 11.5. The van der Waals surface area contributed by atoms with Crippen LogP contribution in [-0.2, 0) is 23.9 Å². The SMILES string of the molecule is CC/C=C/C(=O)NCC(=O)NCC(=O)N[C@@H](CO)C(=O)OC. The molecule has 0 heterocycles. The molecule has 0 aliphatic heterocycles. The fourth-order valence-corrected chi connectivity index (χ4v) is 1.26. The van der Waals surface area contributed by atoms with E-state index in [9.17, 15) is 19.2 Å². The second-order valence-corrected chi connectivity index (χ2v) is 4.13. The van der Waals surface area contributed by atoms with Gasteiger partial charge in [-0.15, -0.1) is 0 Å². The van der Waals surface area contributed by atoms with E-state index >= 15 is 0 Å². The van der Waals surface area contributed by atoms with Crippen LogP contribution in [0, 0.1) is 0 Å². The summed E-state index contributed by atoms with van der Waals surface area (Å²) in [7, 11) is 1.12. The van der Waals surface area contributed by atoms with Crippen LogP contribution >= 0.6 is 0 Å². The molecule has 0 radical (unpaired) electrons. The van der Waals surface area contributed by atoms with E-state index in [1.807, 2.05) is 6.92 Å². The van der Waals surface area contributed by atoms with Gasteiger partial charge in [-0.3, -0.25) is 14.4 Å². The van der Waals surface area contributed by atoms with Crippen molar-refractivity contribution in [1.29, 1.82) is 0 Å². The summed E-state index contributed by atoms with van der Waals surface area (Å²) in [5.74, 6) is -2.44. The molecule has 4 N–H and O–H groups in total. The van der Waals surface area contributed by atoms with Crippen molar-refractivity contribution in [3.63, 3.8) is 0 Å². The van der Waals surface area contributed by atoms with E-state index < -0.39 is 42.9 Å². The molecule has 124 valence electrons. The van der Waals surface area contributed by atoms with E-state index in [2.05, 4.69) is 20.7 Å². The summed E-state index contributed by atoms with van der Waals surface area (Å²) in [6.07, 6.45) is 3.65. The van der Waals surface area contributed by atoms with Crippen molar-refractivity contribution < 1.29 is 29.0 Å². The van der Waals surface area contributed by atoms with Gasteiger partial charge in [0.05, 0.1) is 26.8 Å². The minimum Gasteiger partial charge on any atom is -0.467 e. The quantitative estimate of drug-likeness (QED) is 0.283. The molecule has 1 atom stereocenters. The first-order chi connectivity index (χ1) is 10.4. The molecule has 0 aromatic rings. The third-order valence-electron chi connectivity index (χ3n) is 2.38. The zero-order valence-corrected chi connectivity index (χ0v) is 12.5. The number of carbonyl (C=O) groups is 4. The highest BCUT2D eigenvalue weighted by molar-refractivity contribution is 5.92. The highest BCUT2D eigenvalue weighted by Gasteiger charge is 2.20. The molecule has 0 bridgehead atoms. The maximum absolute atomic E-state index is 11.5. The minimum atomic E-state index is -1.19. The number of rotatable bonds is 9. The average Bonchev–Trinajstić information content (AvgIpc) is 2.52. The Kier molecular flexibility index (Phi) is 10.0. The van der Waals surface area contributed by atoms with Gasteiger partial charge in [0.15, 0.2) is 6.04 Å². The summed E-state index contributed by atoms with van der Waals surface area (Å²) in [4.78, 5) is 45.2. The number of hydrogen-bond donors (Lipinski definition) is 4. The Morgan fingerprint density at radius 2 is 1.77 bits per heavy atom. The van der Waals surface area contributed by atoms with Gasteiger partial charge in [-0.25, -0.2) is 4.79 Å². The monoisotopic (exact) mass is 315 g/mol. The molecule has 0 spiro atoms. The van der Waals surface area contributed by atoms with Gasteiger partial charge in [0.25, 0.3) is 0 Å². The number of carbonyl (C=O) groups excluding carboxylic acids is 4. The van der Waals surface area contributed by atoms with E-state index in [1.165, 1.54) is 6.08 Å². The number of hydrogen-bond acceptors (Lipinski definition) is 6. The lowest BCUT2D eigenvalue weighted by molar-refractivity contribution is -0.146. The molecule has 22 heavy (non-hydrogen) atoms. The zero-order chi connectivity index (χ0) is 17.0. The summed E-state index contributed by atoms with van der Waals surface area (Å²) in [5, 5.41) is 15.7. The van der Waals surface area contributed by atoms with Crippen LogP contribution in [0.25, 0.3) is 0 Å². The summed E-state index contributed by atoms with van der Waals surface area (Å²) in [5.41, 5.74) is 0. The lowest BCUT2D eigenvalue weighted by Gasteiger charge is -2.14. The molecule has 0 aliphatic carbocycles. The molecule has 0 saturated carbocycles. The van der Waals surface area contributed by atoms with Gasteiger partial charge in [-0.05, 0) is 12.5 Å².